The molecule has 1 aromatic rings. The molecule has 0 aliphatic heterocycles. The lowest BCUT2D eigenvalue weighted by Crippen LogP contribution is -1.91. The van der Waals surface area contributed by atoms with E-state index in [9.17, 15) is 0 Å². The smallest absolute Gasteiger partial charge is 0.0614 e. The maximum Gasteiger partial charge on any atom is 0.0614 e. The molecule has 1 rings (SSSR count). The fourth-order valence-corrected chi connectivity index (χ4v) is 1.65. The van der Waals surface area contributed by atoms with Gasteiger partial charge >= 0.3 is 0 Å². The molecule has 0 atom stereocenters. The van der Waals surface area contributed by atoms with Crippen molar-refractivity contribution in [1.82, 2.24) is 0 Å². The van der Waals surface area contributed by atoms with Gasteiger partial charge in [-0.2, -0.15) is 0 Å². The summed E-state index contributed by atoms with van der Waals surface area (Å²) in [4.78, 5) is 0. The first-order chi connectivity index (χ1) is 6.22. The molecule has 1 nitrogen and oxygen atoms in total. The molecule has 0 radical (unpaired) electrons. The molecule has 0 aliphatic rings. The van der Waals surface area contributed by atoms with E-state index >= 15 is 0 Å². The largest absolute Gasteiger partial charge is 0.394 e. The van der Waals surface area contributed by atoms with Crippen LogP contribution < -0.4 is 5.73 Å². The highest BCUT2D eigenvalue weighted by atomic mass is 35.5. The normalized spacial score (nSPS) is 11.7. The van der Waals surface area contributed by atoms with Gasteiger partial charge in [-0.1, -0.05) is 29.8 Å². The lowest BCUT2D eigenvalue weighted by atomic mass is 10.2. The molecule has 0 saturated heterocycles. The predicted octanol–water partition coefficient (Wildman–Crippen LogP) is 3.39. The van der Waals surface area contributed by atoms with E-state index in [1.807, 2.05) is 37.3 Å². The number of hydrogen-bond donors (Lipinski definition) is 1. The SMILES string of the molecule is C/C=C(\N)SCc1ccc(Cl)cc1. The number of halogens is 1. The molecule has 0 fully saturated rings. The average Bonchev–Trinajstić information content (AvgIpc) is 2.16. The third kappa shape index (κ3) is 3.75. The zero-order valence-electron chi connectivity index (χ0n) is 7.46. The zero-order chi connectivity index (χ0) is 9.68. The van der Waals surface area contributed by atoms with Crippen molar-refractivity contribution in [2.24, 2.45) is 5.73 Å². The third-order valence-corrected chi connectivity index (χ3v) is 2.90. The van der Waals surface area contributed by atoms with Gasteiger partial charge < -0.3 is 5.73 Å². The van der Waals surface area contributed by atoms with Crippen LogP contribution in [-0.4, -0.2) is 0 Å². The minimum atomic E-state index is 0.771. The van der Waals surface area contributed by atoms with E-state index in [2.05, 4.69) is 0 Å². The Morgan fingerprint density at radius 3 is 2.62 bits per heavy atom. The van der Waals surface area contributed by atoms with Gasteiger partial charge in [0, 0.05) is 10.8 Å². The Morgan fingerprint density at radius 2 is 2.08 bits per heavy atom. The summed E-state index contributed by atoms with van der Waals surface area (Å²) in [5.41, 5.74) is 6.88. The van der Waals surface area contributed by atoms with E-state index in [1.165, 1.54) is 5.56 Å². The molecule has 3 heteroatoms. The van der Waals surface area contributed by atoms with E-state index < -0.39 is 0 Å². The van der Waals surface area contributed by atoms with Crippen LogP contribution in [-0.2, 0) is 5.75 Å². The summed E-state index contributed by atoms with van der Waals surface area (Å²) in [5.74, 6) is 0.896. The van der Waals surface area contributed by atoms with Gasteiger partial charge in [0.05, 0.1) is 5.03 Å². The number of allylic oxidation sites excluding steroid dienone is 1. The molecule has 0 saturated carbocycles. The third-order valence-electron chi connectivity index (χ3n) is 1.60. The molecule has 0 amide bonds. The van der Waals surface area contributed by atoms with E-state index in [-0.39, 0.29) is 0 Å². The Labute approximate surface area is 88.0 Å². The molecule has 0 unspecified atom stereocenters. The average molecular weight is 214 g/mol. The van der Waals surface area contributed by atoms with Gasteiger partial charge in [0.25, 0.3) is 0 Å². The van der Waals surface area contributed by atoms with Crippen molar-refractivity contribution < 1.29 is 0 Å². The van der Waals surface area contributed by atoms with Gasteiger partial charge in [-0.3, -0.25) is 0 Å². The Balaban J connectivity index is 2.51. The second kappa shape index (κ2) is 5.20. The Bertz CT molecular complexity index is 292. The van der Waals surface area contributed by atoms with Crippen molar-refractivity contribution in [3.8, 4) is 0 Å². The summed E-state index contributed by atoms with van der Waals surface area (Å²) in [6.45, 7) is 1.93. The number of thioether (sulfide) groups is 1. The fourth-order valence-electron chi connectivity index (χ4n) is 0.831. The molecule has 0 spiro atoms. The first-order valence-corrected chi connectivity index (χ1v) is 5.37. The van der Waals surface area contributed by atoms with E-state index in [0.717, 1.165) is 15.8 Å². The van der Waals surface area contributed by atoms with E-state index in [1.54, 1.807) is 11.8 Å². The highest BCUT2D eigenvalue weighted by Gasteiger charge is 1.94. The van der Waals surface area contributed by atoms with Crippen molar-refractivity contribution in [2.75, 3.05) is 0 Å². The van der Waals surface area contributed by atoms with Crippen LogP contribution in [0.15, 0.2) is 35.4 Å². The van der Waals surface area contributed by atoms with Crippen molar-refractivity contribution >= 4 is 23.4 Å². The van der Waals surface area contributed by atoms with Crippen LogP contribution >= 0.6 is 23.4 Å². The van der Waals surface area contributed by atoms with Gasteiger partial charge in [-0.25, -0.2) is 0 Å². The molecule has 2 N–H and O–H groups in total. The summed E-state index contributed by atoms with van der Waals surface area (Å²) < 4.78 is 0. The molecular formula is C10H12ClNS. The maximum atomic E-state index is 5.76. The number of nitrogens with two attached hydrogens (primary N) is 1. The highest BCUT2D eigenvalue weighted by Crippen LogP contribution is 2.18. The second-order valence-electron chi connectivity index (χ2n) is 2.61. The minimum absolute atomic E-state index is 0.771. The van der Waals surface area contributed by atoms with Crippen molar-refractivity contribution in [3.63, 3.8) is 0 Å². The van der Waals surface area contributed by atoms with Gasteiger partial charge in [0.1, 0.15) is 0 Å². The van der Waals surface area contributed by atoms with Crippen molar-refractivity contribution in [2.45, 2.75) is 12.7 Å². The number of rotatable bonds is 3. The molecule has 0 heterocycles. The van der Waals surface area contributed by atoms with E-state index in [4.69, 9.17) is 17.3 Å². The summed E-state index contributed by atoms with van der Waals surface area (Å²) in [7, 11) is 0. The lowest BCUT2D eigenvalue weighted by molar-refractivity contribution is 1.40. The number of hydrogen-bond acceptors (Lipinski definition) is 2. The van der Waals surface area contributed by atoms with Crippen molar-refractivity contribution in [1.29, 1.82) is 0 Å². The molecule has 0 bridgehead atoms. The van der Waals surface area contributed by atoms with Crippen LogP contribution in [0.5, 0.6) is 0 Å². The molecule has 13 heavy (non-hydrogen) atoms. The van der Waals surface area contributed by atoms with E-state index in [0.29, 0.717) is 0 Å². The van der Waals surface area contributed by atoms with Crippen LogP contribution in [0.3, 0.4) is 0 Å². The molecular weight excluding hydrogens is 202 g/mol. The standard InChI is InChI=1S/C10H12ClNS/c1-2-10(12)13-7-8-3-5-9(11)6-4-8/h2-6H,7,12H2,1H3/b10-2+. The number of benzene rings is 1. The van der Waals surface area contributed by atoms with Gasteiger partial charge in [-0.15, -0.1) is 11.8 Å². The first-order valence-electron chi connectivity index (χ1n) is 4.01. The zero-order valence-corrected chi connectivity index (χ0v) is 9.03. The first kappa shape index (κ1) is 10.5. The molecule has 0 aromatic heterocycles. The van der Waals surface area contributed by atoms with Crippen LogP contribution in [0.2, 0.25) is 5.02 Å². The van der Waals surface area contributed by atoms with Gasteiger partial charge in [-0.05, 0) is 24.6 Å². The predicted molar refractivity (Wildman–Crippen MR) is 60.7 cm³/mol. The van der Waals surface area contributed by atoms with Crippen molar-refractivity contribution in [3.05, 3.63) is 46.0 Å². The molecule has 0 aliphatic carbocycles. The van der Waals surface area contributed by atoms with Crippen LogP contribution in [0.25, 0.3) is 0 Å². The minimum Gasteiger partial charge on any atom is -0.394 e. The monoisotopic (exact) mass is 213 g/mol. The lowest BCUT2D eigenvalue weighted by Gasteiger charge is -2.01. The molecule has 1 aromatic carbocycles. The Kier molecular flexibility index (Phi) is 4.19. The van der Waals surface area contributed by atoms with Gasteiger partial charge in [0.2, 0.25) is 0 Å². The highest BCUT2D eigenvalue weighted by molar-refractivity contribution is 8.02. The summed E-state index contributed by atoms with van der Waals surface area (Å²) >= 11 is 7.39. The Hall–Kier alpha value is -0.600. The summed E-state index contributed by atoms with van der Waals surface area (Å²) in [5, 5.41) is 1.63. The van der Waals surface area contributed by atoms with Crippen LogP contribution in [0, 0.1) is 0 Å². The maximum absolute atomic E-state index is 5.76. The molecule has 70 valence electrons. The Morgan fingerprint density at radius 1 is 1.46 bits per heavy atom. The quantitative estimate of drug-likeness (QED) is 0.833. The van der Waals surface area contributed by atoms with Crippen LogP contribution in [0.1, 0.15) is 12.5 Å². The van der Waals surface area contributed by atoms with Gasteiger partial charge in [0.15, 0.2) is 0 Å². The van der Waals surface area contributed by atoms with Crippen LogP contribution in [0.4, 0.5) is 0 Å². The summed E-state index contributed by atoms with van der Waals surface area (Å²) in [6.07, 6.45) is 1.90. The topological polar surface area (TPSA) is 26.0 Å². The summed E-state index contributed by atoms with van der Waals surface area (Å²) in [6, 6.07) is 7.81. The fraction of sp³-hybridized carbons (Fsp3) is 0.200. The second-order valence-corrected chi connectivity index (χ2v) is 4.09.